The number of aromatic nitrogens is 2. The monoisotopic (exact) mass is 301 g/mol. The van der Waals surface area contributed by atoms with Gasteiger partial charge in [-0.3, -0.25) is 4.79 Å². The van der Waals surface area contributed by atoms with Crippen LogP contribution in [-0.2, 0) is 4.74 Å². The standard InChI is InChI=1S/C11H16BrN3O2/c1-11(2)7(4-8(11)17-3)14-6-5-13-15-10(16)9(6)12/h5,7-8H,4H2,1-3H3,(H2,14,15,16). The highest BCUT2D eigenvalue weighted by Crippen LogP contribution is 2.44. The van der Waals surface area contributed by atoms with Crippen molar-refractivity contribution in [2.24, 2.45) is 5.41 Å². The molecule has 1 aromatic heterocycles. The zero-order chi connectivity index (χ0) is 12.6. The smallest absolute Gasteiger partial charge is 0.280 e. The van der Waals surface area contributed by atoms with E-state index >= 15 is 0 Å². The van der Waals surface area contributed by atoms with Crippen molar-refractivity contribution in [2.45, 2.75) is 32.4 Å². The Morgan fingerprint density at radius 2 is 2.35 bits per heavy atom. The lowest BCUT2D eigenvalue weighted by molar-refractivity contribution is -0.0794. The molecule has 1 saturated carbocycles. The first-order chi connectivity index (χ1) is 7.96. The number of nitrogens with one attached hydrogen (secondary N) is 2. The lowest BCUT2D eigenvalue weighted by atomic mass is 9.64. The molecular weight excluding hydrogens is 286 g/mol. The normalized spacial score (nSPS) is 26.4. The fraction of sp³-hybridized carbons (Fsp3) is 0.636. The maximum atomic E-state index is 11.4. The zero-order valence-electron chi connectivity index (χ0n) is 10.1. The van der Waals surface area contributed by atoms with E-state index in [4.69, 9.17) is 4.74 Å². The van der Waals surface area contributed by atoms with Crippen LogP contribution in [0.5, 0.6) is 0 Å². The van der Waals surface area contributed by atoms with Gasteiger partial charge in [-0.05, 0) is 22.4 Å². The van der Waals surface area contributed by atoms with Crippen molar-refractivity contribution in [1.29, 1.82) is 0 Å². The molecule has 1 aromatic rings. The summed E-state index contributed by atoms with van der Waals surface area (Å²) in [6.07, 6.45) is 2.80. The predicted octanol–water partition coefficient (Wildman–Crippen LogP) is 1.76. The summed E-state index contributed by atoms with van der Waals surface area (Å²) in [5, 5.41) is 9.49. The van der Waals surface area contributed by atoms with Gasteiger partial charge >= 0.3 is 0 Å². The van der Waals surface area contributed by atoms with Crippen molar-refractivity contribution in [3.63, 3.8) is 0 Å². The second kappa shape index (κ2) is 4.42. The molecule has 1 aliphatic rings. The second-order valence-electron chi connectivity index (χ2n) is 4.91. The van der Waals surface area contributed by atoms with Crippen molar-refractivity contribution < 1.29 is 4.74 Å². The van der Waals surface area contributed by atoms with Crippen LogP contribution in [0.25, 0.3) is 0 Å². The molecule has 0 aromatic carbocycles. The highest BCUT2D eigenvalue weighted by Gasteiger charge is 2.48. The first kappa shape index (κ1) is 12.6. The molecule has 0 radical (unpaired) electrons. The Morgan fingerprint density at radius 1 is 1.65 bits per heavy atom. The largest absolute Gasteiger partial charge is 0.381 e. The molecule has 0 aliphatic heterocycles. The van der Waals surface area contributed by atoms with Crippen LogP contribution in [0.1, 0.15) is 20.3 Å². The van der Waals surface area contributed by atoms with Crippen molar-refractivity contribution in [3.8, 4) is 0 Å². The summed E-state index contributed by atoms with van der Waals surface area (Å²) in [4.78, 5) is 11.4. The summed E-state index contributed by atoms with van der Waals surface area (Å²) >= 11 is 3.25. The number of hydrogen-bond donors (Lipinski definition) is 2. The van der Waals surface area contributed by atoms with Crippen molar-refractivity contribution >= 4 is 21.6 Å². The first-order valence-electron chi connectivity index (χ1n) is 5.49. The number of H-pyrrole nitrogens is 1. The van der Waals surface area contributed by atoms with Gasteiger partial charge in [0, 0.05) is 18.6 Å². The van der Waals surface area contributed by atoms with E-state index in [2.05, 4.69) is 45.3 Å². The Morgan fingerprint density at radius 3 is 2.94 bits per heavy atom. The number of rotatable bonds is 3. The third kappa shape index (κ3) is 2.11. The maximum Gasteiger partial charge on any atom is 0.280 e. The molecule has 0 saturated heterocycles. The Hall–Kier alpha value is -0.880. The molecule has 1 aliphatic carbocycles. The predicted molar refractivity (Wildman–Crippen MR) is 69.2 cm³/mol. The van der Waals surface area contributed by atoms with Crippen molar-refractivity contribution in [2.75, 3.05) is 12.4 Å². The number of methoxy groups -OCH3 is 1. The molecule has 2 rings (SSSR count). The van der Waals surface area contributed by atoms with Gasteiger partial charge in [-0.2, -0.15) is 5.10 Å². The second-order valence-corrected chi connectivity index (χ2v) is 5.70. The SMILES string of the molecule is COC1CC(Nc2cn[nH]c(=O)c2Br)C1(C)C. The minimum atomic E-state index is -0.226. The average molecular weight is 302 g/mol. The van der Waals surface area contributed by atoms with Crippen LogP contribution in [0, 0.1) is 5.41 Å². The topological polar surface area (TPSA) is 67.0 Å². The van der Waals surface area contributed by atoms with Gasteiger partial charge in [0.25, 0.3) is 5.56 Å². The number of halogens is 1. The fourth-order valence-corrected chi connectivity index (χ4v) is 2.51. The van der Waals surface area contributed by atoms with Gasteiger partial charge in [-0.15, -0.1) is 0 Å². The Labute approximate surface area is 108 Å². The third-order valence-corrected chi connectivity index (χ3v) is 4.37. The minimum absolute atomic E-state index is 0.0524. The number of hydrogen-bond acceptors (Lipinski definition) is 4. The molecule has 2 N–H and O–H groups in total. The molecule has 0 bridgehead atoms. The minimum Gasteiger partial charge on any atom is -0.381 e. The van der Waals surface area contributed by atoms with Gasteiger partial charge in [0.15, 0.2) is 0 Å². The van der Waals surface area contributed by atoms with E-state index in [9.17, 15) is 4.79 Å². The van der Waals surface area contributed by atoms with Crippen LogP contribution < -0.4 is 10.9 Å². The summed E-state index contributed by atoms with van der Waals surface area (Å²) in [5.41, 5.74) is 0.549. The lowest BCUT2D eigenvalue weighted by Crippen LogP contribution is -2.57. The Bertz CT molecular complexity index is 472. The zero-order valence-corrected chi connectivity index (χ0v) is 11.7. The molecule has 6 heteroatoms. The summed E-state index contributed by atoms with van der Waals surface area (Å²) in [7, 11) is 1.73. The Balaban J connectivity index is 2.13. The summed E-state index contributed by atoms with van der Waals surface area (Å²) in [5.74, 6) is 0. The van der Waals surface area contributed by atoms with Gasteiger partial charge < -0.3 is 10.1 Å². The van der Waals surface area contributed by atoms with Gasteiger partial charge in [-0.25, -0.2) is 5.10 Å². The van der Waals surface area contributed by atoms with E-state index in [1.54, 1.807) is 13.3 Å². The molecule has 0 spiro atoms. The summed E-state index contributed by atoms with van der Waals surface area (Å²) in [6, 6.07) is 0.285. The Kier molecular flexibility index (Phi) is 3.27. The van der Waals surface area contributed by atoms with Crippen LogP contribution in [0.4, 0.5) is 5.69 Å². The average Bonchev–Trinajstić information content (AvgIpc) is 2.29. The number of ether oxygens (including phenoxy) is 1. The molecule has 1 heterocycles. The number of nitrogens with zero attached hydrogens (tertiary/aromatic N) is 1. The van der Waals surface area contributed by atoms with Crippen LogP contribution in [0.3, 0.4) is 0 Å². The summed E-state index contributed by atoms with van der Waals surface area (Å²) < 4.78 is 5.88. The van der Waals surface area contributed by atoms with E-state index in [0.29, 0.717) is 4.47 Å². The highest BCUT2D eigenvalue weighted by atomic mass is 79.9. The van der Waals surface area contributed by atoms with Crippen LogP contribution in [-0.4, -0.2) is 29.5 Å². The summed E-state index contributed by atoms with van der Waals surface area (Å²) in [6.45, 7) is 4.30. The molecule has 0 amide bonds. The van der Waals surface area contributed by atoms with E-state index in [1.807, 2.05) is 0 Å². The lowest BCUT2D eigenvalue weighted by Gasteiger charge is -2.51. The number of aromatic amines is 1. The maximum absolute atomic E-state index is 11.4. The van der Waals surface area contributed by atoms with Crippen LogP contribution in [0.2, 0.25) is 0 Å². The fourth-order valence-electron chi connectivity index (χ4n) is 2.20. The van der Waals surface area contributed by atoms with Gasteiger partial charge in [0.1, 0.15) is 4.47 Å². The van der Waals surface area contributed by atoms with Gasteiger partial charge in [-0.1, -0.05) is 13.8 Å². The van der Waals surface area contributed by atoms with Crippen LogP contribution >= 0.6 is 15.9 Å². The molecule has 5 nitrogen and oxygen atoms in total. The van der Waals surface area contributed by atoms with E-state index in [1.165, 1.54) is 0 Å². The molecule has 17 heavy (non-hydrogen) atoms. The van der Waals surface area contributed by atoms with Gasteiger partial charge in [0.2, 0.25) is 0 Å². The van der Waals surface area contributed by atoms with E-state index in [-0.39, 0.29) is 23.1 Å². The molecule has 2 unspecified atom stereocenters. The molecule has 94 valence electrons. The molecule has 1 fully saturated rings. The van der Waals surface area contributed by atoms with E-state index in [0.717, 1.165) is 12.1 Å². The highest BCUT2D eigenvalue weighted by molar-refractivity contribution is 9.10. The van der Waals surface area contributed by atoms with Gasteiger partial charge in [0.05, 0.1) is 18.0 Å². The molecule has 2 atom stereocenters. The molecular formula is C11H16BrN3O2. The van der Waals surface area contributed by atoms with E-state index < -0.39 is 0 Å². The quantitative estimate of drug-likeness (QED) is 0.893. The van der Waals surface area contributed by atoms with Crippen LogP contribution in [0.15, 0.2) is 15.5 Å². The van der Waals surface area contributed by atoms with Crippen molar-refractivity contribution in [3.05, 3.63) is 21.0 Å². The van der Waals surface area contributed by atoms with Crippen molar-refractivity contribution in [1.82, 2.24) is 10.2 Å². The third-order valence-electron chi connectivity index (χ3n) is 3.59. The number of anilines is 1. The first-order valence-corrected chi connectivity index (χ1v) is 6.28.